The molecule has 0 aliphatic heterocycles. The molecular weight excluding hydrogens is 398 g/mol. The topological polar surface area (TPSA) is 24.1 Å². The average Bonchev–Trinajstić information content (AvgIpc) is 2.74. The van der Waals surface area contributed by atoms with Crippen molar-refractivity contribution >= 4 is 41.5 Å². The first-order valence-electron chi connectivity index (χ1n) is 9.73. The summed E-state index contributed by atoms with van der Waals surface area (Å²) < 4.78 is 13.1. The number of nitrogens with one attached hydrogen (secondary N) is 2. The normalized spacial score (nSPS) is 12.0. The summed E-state index contributed by atoms with van der Waals surface area (Å²) in [5.41, 5.74) is 0.778. The predicted octanol–water partition coefficient (Wildman–Crippen LogP) is 5.27. The third kappa shape index (κ3) is 6.35. The number of rotatable bonds is 7. The Morgan fingerprint density at radius 1 is 0.862 bits per heavy atom. The van der Waals surface area contributed by atoms with E-state index >= 15 is 0 Å². The van der Waals surface area contributed by atoms with Gasteiger partial charge in [-0.3, -0.25) is 0 Å². The van der Waals surface area contributed by atoms with Crippen LogP contribution < -0.4 is 21.2 Å². The molecule has 3 aromatic rings. The zero-order chi connectivity index (χ0) is 20.6. The Morgan fingerprint density at radius 2 is 1.38 bits per heavy atom. The molecule has 3 rings (SSSR count). The predicted molar refractivity (Wildman–Crippen MR) is 128 cm³/mol. The van der Waals surface area contributed by atoms with Gasteiger partial charge in [0, 0.05) is 11.7 Å². The van der Waals surface area contributed by atoms with E-state index in [1.165, 1.54) is 22.7 Å². The van der Waals surface area contributed by atoms with Gasteiger partial charge in [-0.05, 0) is 67.1 Å². The highest BCUT2D eigenvalue weighted by atomic mass is 32.1. The van der Waals surface area contributed by atoms with Gasteiger partial charge in [0.25, 0.3) is 0 Å². The van der Waals surface area contributed by atoms with Crippen LogP contribution in [-0.4, -0.2) is 17.3 Å². The van der Waals surface area contributed by atoms with Crippen LogP contribution >= 0.6 is 20.1 Å². The van der Waals surface area contributed by atoms with Crippen LogP contribution in [0.5, 0.6) is 0 Å². The first-order valence-corrected chi connectivity index (χ1v) is 11.7. The first kappa shape index (κ1) is 21.4. The van der Waals surface area contributed by atoms with Gasteiger partial charge in [-0.25, -0.2) is 4.39 Å². The summed E-state index contributed by atoms with van der Waals surface area (Å²) in [6, 6.07) is 27.8. The second-order valence-corrected chi connectivity index (χ2v) is 9.90. The van der Waals surface area contributed by atoms with Crippen molar-refractivity contribution in [3.05, 3.63) is 90.7 Å². The van der Waals surface area contributed by atoms with Gasteiger partial charge < -0.3 is 10.6 Å². The third-order valence-electron chi connectivity index (χ3n) is 4.74. The summed E-state index contributed by atoms with van der Waals surface area (Å²) in [6.45, 7) is 4.42. The molecule has 150 valence electrons. The molecule has 29 heavy (non-hydrogen) atoms. The lowest BCUT2D eigenvalue weighted by atomic mass is 10.1. The number of hydrogen-bond acceptors (Lipinski definition) is 1. The van der Waals surface area contributed by atoms with Crippen LogP contribution in [0.3, 0.4) is 0 Å². The largest absolute Gasteiger partial charge is 0.359 e. The fraction of sp³-hybridized carbons (Fsp3) is 0.208. The van der Waals surface area contributed by atoms with Crippen molar-refractivity contribution in [1.82, 2.24) is 5.32 Å². The smallest absolute Gasteiger partial charge is 0.171 e. The van der Waals surface area contributed by atoms with Crippen molar-refractivity contribution in [2.24, 2.45) is 5.92 Å². The van der Waals surface area contributed by atoms with Gasteiger partial charge in [0.15, 0.2) is 5.11 Å². The molecule has 0 saturated carbocycles. The van der Waals surface area contributed by atoms with Gasteiger partial charge in [-0.2, -0.15) is 0 Å². The Kier molecular flexibility index (Phi) is 7.74. The Balaban J connectivity index is 1.76. The van der Waals surface area contributed by atoms with Crippen molar-refractivity contribution in [3.63, 3.8) is 0 Å². The van der Waals surface area contributed by atoms with Crippen molar-refractivity contribution in [2.45, 2.75) is 19.9 Å². The first-order chi connectivity index (χ1) is 14.0. The molecule has 0 spiro atoms. The molecule has 0 aliphatic carbocycles. The summed E-state index contributed by atoms with van der Waals surface area (Å²) in [7, 11) is -0.516. The number of hydrogen-bond donors (Lipinski definition) is 2. The zero-order valence-corrected chi connectivity index (χ0v) is 18.4. The number of thiocarbonyl (C=S) groups is 1. The molecule has 2 nitrogen and oxygen atoms in total. The van der Waals surface area contributed by atoms with Crippen molar-refractivity contribution < 1.29 is 4.39 Å². The molecule has 0 radical (unpaired) electrons. The fourth-order valence-electron chi connectivity index (χ4n) is 3.06. The molecule has 0 bridgehead atoms. The molecule has 1 unspecified atom stereocenters. The number of anilines is 1. The van der Waals surface area contributed by atoms with Crippen LogP contribution in [0.25, 0.3) is 0 Å². The minimum absolute atomic E-state index is 0.210. The zero-order valence-electron chi connectivity index (χ0n) is 16.7. The molecule has 5 heteroatoms. The average molecular weight is 425 g/mol. The molecule has 0 aliphatic rings. The lowest BCUT2D eigenvalue weighted by molar-refractivity contribution is 0.494. The van der Waals surface area contributed by atoms with Gasteiger partial charge in [0.2, 0.25) is 0 Å². The summed E-state index contributed by atoms with van der Waals surface area (Å²) in [6.07, 6.45) is 0.978. The highest BCUT2D eigenvalue weighted by Crippen LogP contribution is 2.35. The van der Waals surface area contributed by atoms with Crippen molar-refractivity contribution in [1.29, 1.82) is 0 Å². The molecule has 3 aromatic carbocycles. The van der Waals surface area contributed by atoms with E-state index in [1.54, 1.807) is 12.1 Å². The van der Waals surface area contributed by atoms with Crippen LogP contribution in [-0.2, 0) is 0 Å². The van der Waals surface area contributed by atoms with E-state index in [4.69, 9.17) is 12.2 Å². The number of benzene rings is 3. The fourth-order valence-corrected chi connectivity index (χ4v) is 6.02. The summed E-state index contributed by atoms with van der Waals surface area (Å²) >= 11 is 5.54. The Labute approximate surface area is 179 Å². The summed E-state index contributed by atoms with van der Waals surface area (Å²) in [5.74, 6) is 0.145. The van der Waals surface area contributed by atoms with Crippen molar-refractivity contribution in [2.75, 3.05) is 11.5 Å². The van der Waals surface area contributed by atoms with Crippen molar-refractivity contribution in [3.8, 4) is 0 Å². The highest BCUT2D eigenvalue weighted by molar-refractivity contribution is 7.80. The van der Waals surface area contributed by atoms with E-state index in [2.05, 4.69) is 85.1 Å². The number of halogens is 1. The van der Waals surface area contributed by atoms with Gasteiger partial charge >= 0.3 is 0 Å². The molecule has 0 fully saturated rings. The van der Waals surface area contributed by atoms with Crippen LogP contribution in [0, 0.1) is 11.7 Å². The van der Waals surface area contributed by atoms with Crippen LogP contribution in [0.15, 0.2) is 84.9 Å². The quantitative estimate of drug-likeness (QED) is 0.399. The Hall–Kier alpha value is -2.29. The van der Waals surface area contributed by atoms with Crippen LogP contribution in [0.4, 0.5) is 10.1 Å². The maximum Gasteiger partial charge on any atom is 0.171 e. The molecule has 0 heterocycles. The SMILES string of the molecule is CC(C)C(CP(c1ccccc1)c1ccccc1)NC(=S)Nc1ccc(F)cc1. The lowest BCUT2D eigenvalue weighted by Gasteiger charge is -2.29. The van der Waals surface area contributed by atoms with E-state index in [-0.39, 0.29) is 11.9 Å². The summed E-state index contributed by atoms with van der Waals surface area (Å²) in [5, 5.41) is 9.94. The standard InChI is InChI=1S/C24H26FN2PS/c1-18(2)23(27-24(29)26-20-15-13-19(25)14-16-20)17-28(21-9-5-3-6-10-21)22-11-7-4-8-12-22/h3-16,18,23H,17H2,1-2H3,(H2,26,27,29). The molecule has 0 amide bonds. The molecular formula is C24H26FN2PS. The monoisotopic (exact) mass is 424 g/mol. The third-order valence-corrected chi connectivity index (χ3v) is 7.56. The van der Waals surface area contributed by atoms with E-state index in [0.29, 0.717) is 11.0 Å². The van der Waals surface area contributed by atoms with Crippen LogP contribution in [0.1, 0.15) is 13.8 Å². The maximum absolute atomic E-state index is 13.1. The summed E-state index contributed by atoms with van der Waals surface area (Å²) in [4.78, 5) is 0. The Bertz CT molecular complexity index is 862. The minimum Gasteiger partial charge on any atom is -0.359 e. The van der Waals surface area contributed by atoms with E-state index < -0.39 is 7.92 Å². The molecule has 2 N–H and O–H groups in total. The molecule has 0 saturated heterocycles. The van der Waals surface area contributed by atoms with Gasteiger partial charge in [0.1, 0.15) is 5.82 Å². The molecule has 0 aromatic heterocycles. The highest BCUT2D eigenvalue weighted by Gasteiger charge is 2.22. The van der Waals surface area contributed by atoms with Crippen LogP contribution in [0.2, 0.25) is 0 Å². The maximum atomic E-state index is 13.1. The second kappa shape index (κ2) is 10.5. The van der Waals surface area contributed by atoms with E-state index in [1.807, 2.05) is 0 Å². The van der Waals surface area contributed by atoms with Gasteiger partial charge in [-0.1, -0.05) is 74.5 Å². The second-order valence-electron chi connectivity index (χ2n) is 7.24. The Morgan fingerprint density at radius 3 is 1.86 bits per heavy atom. The van der Waals surface area contributed by atoms with E-state index in [0.717, 1.165) is 11.8 Å². The molecule has 1 atom stereocenters. The van der Waals surface area contributed by atoms with Gasteiger partial charge in [-0.15, -0.1) is 0 Å². The lowest BCUT2D eigenvalue weighted by Crippen LogP contribution is -2.44. The minimum atomic E-state index is -0.516. The van der Waals surface area contributed by atoms with Gasteiger partial charge in [0.05, 0.1) is 0 Å². The van der Waals surface area contributed by atoms with E-state index in [9.17, 15) is 4.39 Å².